The van der Waals surface area contributed by atoms with Crippen LogP contribution in [0.25, 0.3) is 11.4 Å². The summed E-state index contributed by atoms with van der Waals surface area (Å²) in [6.07, 6.45) is -4.40. The zero-order valence-electron chi connectivity index (χ0n) is 12.3. The molecule has 0 radical (unpaired) electrons. The summed E-state index contributed by atoms with van der Waals surface area (Å²) in [5, 5.41) is 3.21. The molecule has 1 N–H and O–H groups in total. The Morgan fingerprint density at radius 1 is 1.25 bits per heavy atom. The number of hydrogen-bond donors (Lipinski definition) is 1. The van der Waals surface area contributed by atoms with Gasteiger partial charge in [-0.1, -0.05) is 24.2 Å². The third kappa shape index (κ3) is 4.31. The van der Waals surface area contributed by atoms with Gasteiger partial charge in [-0.15, -0.1) is 0 Å². The third-order valence-electron chi connectivity index (χ3n) is 2.79. The maximum absolute atomic E-state index is 12.4. The summed E-state index contributed by atoms with van der Waals surface area (Å²) in [7, 11) is -3.72. The highest BCUT2D eigenvalue weighted by Gasteiger charge is 2.38. The van der Waals surface area contributed by atoms with Gasteiger partial charge in [0.2, 0.25) is 15.8 Å². The quantitative estimate of drug-likeness (QED) is 0.874. The molecular weight excluding hydrogens is 351 g/mol. The van der Waals surface area contributed by atoms with Gasteiger partial charge in [-0.05, 0) is 18.6 Å². The van der Waals surface area contributed by atoms with Crippen LogP contribution >= 0.6 is 0 Å². The number of carbonyl (C=O) groups is 1. The first-order valence-corrected chi connectivity index (χ1v) is 8.34. The molecule has 11 heteroatoms. The number of benzene rings is 1. The van der Waals surface area contributed by atoms with Gasteiger partial charge in [0.1, 0.15) is 0 Å². The minimum atomic E-state index is -4.75. The first-order valence-electron chi connectivity index (χ1n) is 6.68. The fourth-order valence-electron chi connectivity index (χ4n) is 1.75. The molecule has 0 aliphatic heterocycles. The van der Waals surface area contributed by atoms with E-state index in [1.165, 1.54) is 24.3 Å². The van der Waals surface area contributed by atoms with Gasteiger partial charge in [0.05, 0.1) is 5.75 Å². The van der Waals surface area contributed by atoms with Gasteiger partial charge >= 0.3 is 12.1 Å². The number of amides is 1. The standard InChI is InChI=1S/C13H12F3N3O4S/c1-2-7-24(21,22)19-11(20)9-5-3-8(4-6-9)10-17-12(23-18-10)13(14,15)16/h3-6H,2,7H2,1H3,(H,19,20). The number of carbonyl (C=O) groups excluding carboxylic acids is 1. The van der Waals surface area contributed by atoms with E-state index in [0.717, 1.165) is 0 Å². The molecule has 0 aliphatic carbocycles. The Bertz CT molecular complexity index is 829. The lowest BCUT2D eigenvalue weighted by molar-refractivity contribution is -0.159. The third-order valence-corrected chi connectivity index (χ3v) is 4.24. The van der Waals surface area contributed by atoms with E-state index >= 15 is 0 Å². The molecule has 1 amide bonds. The minimum Gasteiger partial charge on any atom is -0.329 e. The second-order valence-corrected chi connectivity index (χ2v) is 6.59. The van der Waals surface area contributed by atoms with Crippen LogP contribution in [0.4, 0.5) is 13.2 Å². The predicted molar refractivity (Wildman–Crippen MR) is 76.3 cm³/mol. The molecule has 0 bridgehead atoms. The number of alkyl halides is 3. The Labute approximate surface area is 134 Å². The van der Waals surface area contributed by atoms with Crippen molar-refractivity contribution in [1.82, 2.24) is 14.9 Å². The van der Waals surface area contributed by atoms with E-state index in [9.17, 15) is 26.4 Å². The summed E-state index contributed by atoms with van der Waals surface area (Å²) in [4.78, 5) is 15.0. The van der Waals surface area contributed by atoms with Crippen LogP contribution in [0.2, 0.25) is 0 Å². The fraction of sp³-hybridized carbons (Fsp3) is 0.308. The SMILES string of the molecule is CCCS(=O)(=O)NC(=O)c1ccc(-c2noc(C(F)(F)F)n2)cc1. The molecule has 1 heterocycles. The zero-order valence-corrected chi connectivity index (χ0v) is 13.1. The summed E-state index contributed by atoms with van der Waals surface area (Å²) in [6, 6.07) is 5.06. The van der Waals surface area contributed by atoms with E-state index in [4.69, 9.17) is 0 Å². The van der Waals surface area contributed by atoms with Crippen molar-refractivity contribution < 1.29 is 30.9 Å². The smallest absolute Gasteiger partial charge is 0.329 e. The Morgan fingerprint density at radius 3 is 2.38 bits per heavy atom. The van der Waals surface area contributed by atoms with Crippen LogP contribution in [-0.2, 0) is 16.2 Å². The van der Waals surface area contributed by atoms with E-state index in [2.05, 4.69) is 14.7 Å². The van der Waals surface area contributed by atoms with Gasteiger partial charge in [0, 0.05) is 11.1 Å². The first kappa shape index (κ1) is 17.9. The molecule has 7 nitrogen and oxygen atoms in total. The summed E-state index contributed by atoms with van der Waals surface area (Å²) < 4.78 is 66.3. The minimum absolute atomic E-state index is 0.0259. The van der Waals surface area contributed by atoms with Crippen molar-refractivity contribution in [3.05, 3.63) is 35.7 Å². The number of aromatic nitrogens is 2. The van der Waals surface area contributed by atoms with Crippen LogP contribution in [0.3, 0.4) is 0 Å². The molecular formula is C13H12F3N3O4S. The molecule has 0 fully saturated rings. The van der Waals surface area contributed by atoms with Crippen molar-refractivity contribution in [3.63, 3.8) is 0 Å². The van der Waals surface area contributed by atoms with E-state index in [0.29, 0.717) is 6.42 Å². The molecule has 0 saturated heterocycles. The Kier molecular flexibility index (Phi) is 4.92. The van der Waals surface area contributed by atoms with Crippen molar-refractivity contribution in [3.8, 4) is 11.4 Å². The van der Waals surface area contributed by atoms with Crippen LogP contribution in [0.5, 0.6) is 0 Å². The van der Waals surface area contributed by atoms with Crippen molar-refractivity contribution >= 4 is 15.9 Å². The lowest BCUT2D eigenvalue weighted by Gasteiger charge is -2.05. The summed E-state index contributed by atoms with van der Waals surface area (Å²) >= 11 is 0. The molecule has 2 aromatic rings. The molecule has 130 valence electrons. The highest BCUT2D eigenvalue weighted by Crippen LogP contribution is 2.29. The van der Waals surface area contributed by atoms with Gasteiger partial charge in [-0.2, -0.15) is 18.2 Å². The number of rotatable bonds is 5. The number of nitrogens with one attached hydrogen (secondary N) is 1. The average Bonchev–Trinajstić information content (AvgIpc) is 2.96. The van der Waals surface area contributed by atoms with Crippen LogP contribution in [0.1, 0.15) is 29.6 Å². The van der Waals surface area contributed by atoms with E-state index in [1.54, 1.807) is 6.92 Å². The second kappa shape index (κ2) is 6.59. The molecule has 0 spiro atoms. The average molecular weight is 363 g/mol. The number of hydrogen-bond acceptors (Lipinski definition) is 6. The van der Waals surface area contributed by atoms with Crippen molar-refractivity contribution in [2.75, 3.05) is 5.75 Å². The van der Waals surface area contributed by atoms with E-state index < -0.39 is 28.0 Å². The Hall–Kier alpha value is -2.43. The highest BCUT2D eigenvalue weighted by atomic mass is 32.2. The second-order valence-electron chi connectivity index (χ2n) is 4.75. The van der Waals surface area contributed by atoms with Gasteiger partial charge in [-0.25, -0.2) is 13.1 Å². The van der Waals surface area contributed by atoms with Crippen molar-refractivity contribution in [2.24, 2.45) is 0 Å². The van der Waals surface area contributed by atoms with E-state index in [-0.39, 0.29) is 22.7 Å². The maximum Gasteiger partial charge on any atom is 0.471 e. The molecule has 2 rings (SSSR count). The molecule has 1 aromatic carbocycles. The number of halogens is 3. The highest BCUT2D eigenvalue weighted by molar-refractivity contribution is 7.90. The lowest BCUT2D eigenvalue weighted by Crippen LogP contribution is -2.32. The molecule has 0 unspecified atom stereocenters. The Morgan fingerprint density at radius 2 is 1.88 bits per heavy atom. The molecule has 1 aromatic heterocycles. The van der Waals surface area contributed by atoms with Crippen molar-refractivity contribution in [2.45, 2.75) is 19.5 Å². The largest absolute Gasteiger partial charge is 0.471 e. The molecule has 0 saturated carbocycles. The van der Waals surface area contributed by atoms with Crippen LogP contribution in [0.15, 0.2) is 28.8 Å². The maximum atomic E-state index is 12.4. The Balaban J connectivity index is 2.16. The zero-order chi connectivity index (χ0) is 18.0. The van der Waals surface area contributed by atoms with Crippen molar-refractivity contribution in [1.29, 1.82) is 0 Å². The molecule has 24 heavy (non-hydrogen) atoms. The van der Waals surface area contributed by atoms with Gasteiger partial charge in [-0.3, -0.25) is 4.79 Å². The van der Waals surface area contributed by atoms with Gasteiger partial charge < -0.3 is 4.52 Å². The van der Waals surface area contributed by atoms with Crippen LogP contribution in [-0.4, -0.2) is 30.2 Å². The van der Waals surface area contributed by atoms with Crippen LogP contribution < -0.4 is 4.72 Å². The number of nitrogens with zero attached hydrogens (tertiary/aromatic N) is 2. The predicted octanol–water partition coefficient (Wildman–Crippen LogP) is 2.22. The topological polar surface area (TPSA) is 102 Å². The normalized spacial score (nSPS) is 12.2. The lowest BCUT2D eigenvalue weighted by atomic mass is 10.1. The van der Waals surface area contributed by atoms with Gasteiger partial charge in [0.25, 0.3) is 5.91 Å². The van der Waals surface area contributed by atoms with Crippen LogP contribution in [0, 0.1) is 0 Å². The van der Waals surface area contributed by atoms with E-state index in [1.807, 2.05) is 4.72 Å². The molecule has 0 aliphatic rings. The summed E-state index contributed by atoms with van der Waals surface area (Å²) in [6.45, 7) is 1.65. The monoisotopic (exact) mass is 363 g/mol. The van der Waals surface area contributed by atoms with Gasteiger partial charge in [0.15, 0.2) is 0 Å². The summed E-state index contributed by atoms with van der Waals surface area (Å²) in [5.74, 6) is -2.81. The summed E-state index contributed by atoms with van der Waals surface area (Å²) in [5.41, 5.74) is 0.209. The fourth-order valence-corrected chi connectivity index (χ4v) is 2.79. The first-order chi connectivity index (χ1) is 11.1. The number of sulfonamides is 1. The molecule has 0 atom stereocenters.